The van der Waals surface area contributed by atoms with E-state index in [1.165, 1.54) is 25.4 Å². The molecule has 1 fully saturated rings. The number of hydrogen-bond donors (Lipinski definition) is 4. The summed E-state index contributed by atoms with van der Waals surface area (Å²) in [5, 5.41) is 19.0. The smallest absolute Gasteiger partial charge is 0.270 e. The number of amides is 1. The van der Waals surface area contributed by atoms with E-state index in [1.807, 2.05) is 0 Å². The Balaban J connectivity index is 1.59. The normalized spacial score (nSPS) is 17.7. The fourth-order valence-corrected chi connectivity index (χ4v) is 5.49. The van der Waals surface area contributed by atoms with Gasteiger partial charge in [0.15, 0.2) is 11.6 Å². The van der Waals surface area contributed by atoms with Crippen molar-refractivity contribution < 1.29 is 36.6 Å². The van der Waals surface area contributed by atoms with Gasteiger partial charge in [-0.05, 0) is 43.5 Å². The van der Waals surface area contributed by atoms with Gasteiger partial charge in [0.05, 0.1) is 35.5 Å². The van der Waals surface area contributed by atoms with Crippen molar-refractivity contribution in [2.24, 2.45) is 0 Å². The first-order valence-corrected chi connectivity index (χ1v) is 13.3. The molecule has 3 atom stereocenters. The highest BCUT2D eigenvalue weighted by molar-refractivity contribution is 7.81. The van der Waals surface area contributed by atoms with E-state index < -0.39 is 63.6 Å². The number of carbonyl (C=O) groups is 1. The zero-order valence-electron chi connectivity index (χ0n) is 20.6. The van der Waals surface area contributed by atoms with Gasteiger partial charge in [0.2, 0.25) is 5.88 Å². The average Bonchev–Trinajstić information content (AvgIpc) is 3.53. The minimum Gasteiger partial charge on any atom is -0.479 e. The number of hydrogen-bond acceptors (Lipinski definition) is 6. The largest absolute Gasteiger partial charge is 0.479 e. The lowest BCUT2D eigenvalue weighted by Crippen LogP contribution is -2.40. The number of methoxy groups -OCH3 is 1. The third-order valence-corrected chi connectivity index (χ3v) is 7.53. The van der Waals surface area contributed by atoms with Gasteiger partial charge in [-0.1, -0.05) is 17.7 Å². The van der Waals surface area contributed by atoms with Gasteiger partial charge in [-0.2, -0.15) is 5.10 Å². The molecular formula is C25H21ClF3N5O5S. The number of fused-ring (bicyclic) bond motifs is 1. The number of benzene rings is 2. The highest BCUT2D eigenvalue weighted by Gasteiger charge is 2.31. The summed E-state index contributed by atoms with van der Waals surface area (Å²) in [4.78, 5) is 16.7. The van der Waals surface area contributed by atoms with Crippen LogP contribution >= 0.6 is 11.6 Å². The Labute approximate surface area is 232 Å². The zero-order chi connectivity index (χ0) is 28.7. The number of carbonyl (C=O) groups excluding carboxylic acids is 1. The van der Waals surface area contributed by atoms with Gasteiger partial charge in [-0.15, -0.1) is 0 Å². The number of nitrogens with zero attached hydrogens (tertiary/aromatic N) is 3. The molecule has 15 heteroatoms. The summed E-state index contributed by atoms with van der Waals surface area (Å²) in [5.41, 5.74) is -2.65. The fraction of sp³-hybridized carbons (Fsp3) is 0.240. The van der Waals surface area contributed by atoms with Crippen molar-refractivity contribution in [2.45, 2.75) is 31.4 Å². The van der Waals surface area contributed by atoms with Crippen LogP contribution in [0.5, 0.6) is 5.88 Å². The van der Waals surface area contributed by atoms with Crippen LogP contribution in [-0.4, -0.2) is 54.2 Å². The van der Waals surface area contributed by atoms with E-state index in [4.69, 9.17) is 16.3 Å². The molecule has 0 saturated heterocycles. The summed E-state index contributed by atoms with van der Waals surface area (Å²) in [7, 11) is 1.23. The molecule has 1 amide bonds. The number of aliphatic hydroxyl groups is 1. The van der Waals surface area contributed by atoms with Crippen LogP contribution < -0.4 is 14.4 Å². The van der Waals surface area contributed by atoms with Gasteiger partial charge in [0, 0.05) is 17.1 Å². The molecule has 2 aromatic carbocycles. The maximum atomic E-state index is 15.9. The van der Waals surface area contributed by atoms with Crippen molar-refractivity contribution >= 4 is 51.1 Å². The SMILES string of the molecule is COc1ncc(Cl)cc1N(c1ccc(F)c(-c2ccc3c(C(=O)NC4CCCC4O)[nH]nc3c2F)c1F)S(=O)O. The quantitative estimate of drug-likeness (QED) is 0.228. The summed E-state index contributed by atoms with van der Waals surface area (Å²) in [6.45, 7) is 0. The number of pyridine rings is 1. The van der Waals surface area contributed by atoms with Crippen molar-refractivity contribution in [1.82, 2.24) is 20.5 Å². The summed E-state index contributed by atoms with van der Waals surface area (Å²) in [6.07, 6.45) is 2.37. The minimum atomic E-state index is -2.92. The Kier molecular flexibility index (Phi) is 7.68. The Morgan fingerprint density at radius 1 is 1.20 bits per heavy atom. The van der Waals surface area contributed by atoms with Crippen LogP contribution in [0, 0.1) is 17.5 Å². The molecule has 4 aromatic rings. The van der Waals surface area contributed by atoms with E-state index in [0.717, 1.165) is 24.6 Å². The summed E-state index contributed by atoms with van der Waals surface area (Å²) < 4.78 is 74.6. The van der Waals surface area contributed by atoms with E-state index in [-0.39, 0.29) is 33.2 Å². The first-order chi connectivity index (χ1) is 19.1. The van der Waals surface area contributed by atoms with Gasteiger partial charge in [-0.25, -0.2) is 26.7 Å². The number of aromatic nitrogens is 3. The van der Waals surface area contributed by atoms with Crippen LogP contribution in [0.25, 0.3) is 22.0 Å². The minimum absolute atomic E-state index is 0.0336. The molecule has 2 aromatic heterocycles. The van der Waals surface area contributed by atoms with Gasteiger partial charge in [-0.3, -0.25) is 14.4 Å². The predicted molar refractivity (Wildman–Crippen MR) is 141 cm³/mol. The van der Waals surface area contributed by atoms with Gasteiger partial charge in [0.25, 0.3) is 17.2 Å². The van der Waals surface area contributed by atoms with Crippen LogP contribution in [0.15, 0.2) is 36.5 Å². The summed E-state index contributed by atoms with van der Waals surface area (Å²) in [6, 6.07) is 4.77. The number of halogens is 4. The summed E-state index contributed by atoms with van der Waals surface area (Å²) >= 11 is 3.05. The number of aromatic amines is 1. The van der Waals surface area contributed by atoms with E-state index in [1.54, 1.807) is 0 Å². The Morgan fingerprint density at radius 2 is 1.98 bits per heavy atom. The van der Waals surface area contributed by atoms with Gasteiger partial charge in [0.1, 0.15) is 22.7 Å². The molecule has 0 bridgehead atoms. The molecule has 0 radical (unpaired) electrons. The second-order valence-electron chi connectivity index (χ2n) is 8.96. The second-order valence-corrected chi connectivity index (χ2v) is 10.2. The van der Waals surface area contributed by atoms with Crippen LogP contribution in [0.2, 0.25) is 5.02 Å². The number of anilines is 2. The Hall–Kier alpha value is -3.72. The zero-order valence-corrected chi connectivity index (χ0v) is 22.2. The maximum absolute atomic E-state index is 15.9. The van der Waals surface area contributed by atoms with Crippen molar-refractivity contribution in [3.05, 3.63) is 64.7 Å². The molecule has 0 aliphatic heterocycles. The van der Waals surface area contributed by atoms with Crippen molar-refractivity contribution in [1.29, 1.82) is 0 Å². The van der Waals surface area contributed by atoms with Gasteiger partial charge >= 0.3 is 0 Å². The molecule has 2 heterocycles. The molecular weight excluding hydrogens is 575 g/mol. The number of nitrogens with one attached hydrogen (secondary N) is 2. The Morgan fingerprint density at radius 3 is 2.65 bits per heavy atom. The van der Waals surface area contributed by atoms with Crippen molar-refractivity contribution in [3.63, 3.8) is 0 Å². The van der Waals surface area contributed by atoms with E-state index in [0.29, 0.717) is 17.1 Å². The van der Waals surface area contributed by atoms with Gasteiger partial charge < -0.3 is 15.2 Å². The fourth-order valence-electron chi connectivity index (χ4n) is 4.73. The van der Waals surface area contributed by atoms with E-state index in [2.05, 4.69) is 20.5 Å². The lowest BCUT2D eigenvalue weighted by atomic mass is 10.0. The maximum Gasteiger partial charge on any atom is 0.270 e. The Bertz CT molecular complexity index is 1660. The van der Waals surface area contributed by atoms with Crippen molar-refractivity contribution in [3.8, 4) is 17.0 Å². The van der Waals surface area contributed by atoms with Crippen LogP contribution in [0.4, 0.5) is 24.5 Å². The molecule has 10 nitrogen and oxygen atoms in total. The lowest BCUT2D eigenvalue weighted by Gasteiger charge is -2.23. The lowest BCUT2D eigenvalue weighted by molar-refractivity contribution is 0.0870. The van der Waals surface area contributed by atoms with E-state index in [9.17, 15) is 18.7 Å². The molecule has 40 heavy (non-hydrogen) atoms. The highest BCUT2D eigenvalue weighted by Crippen LogP contribution is 2.41. The number of rotatable bonds is 7. The third-order valence-electron chi connectivity index (χ3n) is 6.61. The van der Waals surface area contributed by atoms with Crippen LogP contribution in [0.1, 0.15) is 29.8 Å². The number of ether oxygens (including phenoxy) is 1. The highest BCUT2D eigenvalue weighted by atomic mass is 35.5. The first kappa shape index (κ1) is 27.8. The topological polar surface area (TPSA) is 141 Å². The predicted octanol–water partition coefficient (Wildman–Crippen LogP) is 4.62. The molecule has 5 rings (SSSR count). The van der Waals surface area contributed by atoms with Crippen LogP contribution in [-0.2, 0) is 11.3 Å². The molecule has 3 unspecified atom stereocenters. The molecule has 1 saturated carbocycles. The monoisotopic (exact) mass is 595 g/mol. The standard InChI is InChI=1S/C25H21ClF3N5O5S/c1-39-25-17(9-11(26)10-30-25)34(40(37)38)16-8-7-14(27)19(21(16)29)12-5-6-13-22(20(12)28)32-33-23(13)24(36)31-15-3-2-4-18(15)35/h5-10,15,18,35H,2-4H2,1H3,(H,31,36)(H,32,33)(H,37,38). The second kappa shape index (κ2) is 11.0. The third kappa shape index (κ3) is 4.87. The number of H-pyrrole nitrogens is 1. The molecule has 0 spiro atoms. The molecule has 1 aliphatic rings. The average molecular weight is 596 g/mol. The number of aliphatic hydroxyl groups excluding tert-OH is 1. The first-order valence-electron chi connectivity index (χ1n) is 11.9. The molecule has 4 N–H and O–H groups in total. The van der Waals surface area contributed by atoms with Crippen molar-refractivity contribution in [2.75, 3.05) is 11.4 Å². The molecule has 1 aliphatic carbocycles. The molecule has 210 valence electrons. The van der Waals surface area contributed by atoms with E-state index >= 15 is 13.2 Å². The summed E-state index contributed by atoms with van der Waals surface area (Å²) in [5.74, 6) is -4.47. The van der Waals surface area contributed by atoms with Crippen LogP contribution in [0.3, 0.4) is 0 Å².